The van der Waals surface area contributed by atoms with Crippen molar-refractivity contribution in [2.45, 2.75) is 38.3 Å². The molecule has 0 aromatic carbocycles. The molecule has 0 radical (unpaired) electrons. The summed E-state index contributed by atoms with van der Waals surface area (Å²) in [6.45, 7) is 1.09. The Bertz CT molecular complexity index is 416. The molecule has 0 atom stereocenters. The van der Waals surface area contributed by atoms with Gasteiger partial charge in [-0.05, 0) is 43.2 Å². The number of halogens is 1. The molecule has 92 valence electrons. The van der Waals surface area contributed by atoms with Crippen LogP contribution in [0.3, 0.4) is 0 Å². The van der Waals surface area contributed by atoms with E-state index in [1.54, 1.807) is 6.20 Å². The standard InChI is InChI=1S/C13H17ClN2O/c14-12-5-10(8-17)6-15-13(12)16(11-3-4-11)7-9-1-2-9/h5-6,9,11,17H,1-4,7-8H2. The van der Waals surface area contributed by atoms with Gasteiger partial charge in [0.25, 0.3) is 0 Å². The maximum atomic E-state index is 9.06. The number of pyridine rings is 1. The molecule has 2 aliphatic carbocycles. The molecular weight excluding hydrogens is 236 g/mol. The summed E-state index contributed by atoms with van der Waals surface area (Å²) in [7, 11) is 0. The molecule has 3 rings (SSSR count). The molecule has 2 saturated carbocycles. The second-order valence-corrected chi connectivity index (χ2v) is 5.54. The van der Waals surface area contributed by atoms with Crippen molar-refractivity contribution >= 4 is 17.4 Å². The van der Waals surface area contributed by atoms with Crippen LogP contribution < -0.4 is 4.90 Å². The SMILES string of the molecule is OCc1cnc(N(CC2CC2)C2CC2)c(Cl)c1. The minimum absolute atomic E-state index is 0.000939. The molecule has 1 N–H and O–H groups in total. The topological polar surface area (TPSA) is 36.4 Å². The zero-order chi connectivity index (χ0) is 11.8. The van der Waals surface area contributed by atoms with E-state index in [9.17, 15) is 0 Å². The van der Waals surface area contributed by atoms with Crippen LogP contribution in [-0.2, 0) is 6.61 Å². The van der Waals surface area contributed by atoms with Gasteiger partial charge in [0.1, 0.15) is 5.82 Å². The summed E-state index contributed by atoms with van der Waals surface area (Å²) < 4.78 is 0. The van der Waals surface area contributed by atoms with Crippen LogP contribution in [0.5, 0.6) is 0 Å². The Balaban J connectivity index is 1.83. The van der Waals surface area contributed by atoms with E-state index in [0.717, 1.165) is 23.8 Å². The van der Waals surface area contributed by atoms with Crippen LogP contribution in [0.25, 0.3) is 0 Å². The maximum Gasteiger partial charge on any atom is 0.147 e. The van der Waals surface area contributed by atoms with Gasteiger partial charge >= 0.3 is 0 Å². The second kappa shape index (κ2) is 4.46. The molecule has 0 aliphatic heterocycles. The summed E-state index contributed by atoms with van der Waals surface area (Å²) in [5.74, 6) is 1.74. The predicted molar refractivity (Wildman–Crippen MR) is 68.3 cm³/mol. The highest BCUT2D eigenvalue weighted by Crippen LogP contribution is 2.39. The van der Waals surface area contributed by atoms with Crippen LogP contribution in [0.1, 0.15) is 31.2 Å². The summed E-state index contributed by atoms with van der Waals surface area (Å²) in [5.41, 5.74) is 0.779. The summed E-state index contributed by atoms with van der Waals surface area (Å²) in [4.78, 5) is 6.79. The van der Waals surface area contributed by atoms with Gasteiger partial charge in [-0.15, -0.1) is 0 Å². The van der Waals surface area contributed by atoms with E-state index in [-0.39, 0.29) is 6.61 Å². The van der Waals surface area contributed by atoms with Crippen LogP contribution in [0, 0.1) is 5.92 Å². The molecule has 4 heteroatoms. The molecule has 0 unspecified atom stereocenters. The normalized spacial score (nSPS) is 19.4. The average Bonchev–Trinajstić information content (AvgIpc) is 3.18. The Kier molecular flexibility index (Phi) is 2.97. The van der Waals surface area contributed by atoms with Gasteiger partial charge in [0.15, 0.2) is 0 Å². The van der Waals surface area contributed by atoms with Gasteiger partial charge < -0.3 is 10.0 Å². The lowest BCUT2D eigenvalue weighted by molar-refractivity contribution is 0.281. The third-order valence-corrected chi connectivity index (χ3v) is 3.75. The Morgan fingerprint density at radius 2 is 2.12 bits per heavy atom. The van der Waals surface area contributed by atoms with Crippen LogP contribution in [0.15, 0.2) is 12.3 Å². The second-order valence-electron chi connectivity index (χ2n) is 5.13. The molecule has 2 fully saturated rings. The number of hydrogen-bond acceptors (Lipinski definition) is 3. The van der Waals surface area contributed by atoms with Gasteiger partial charge in [0.2, 0.25) is 0 Å². The minimum Gasteiger partial charge on any atom is -0.392 e. The first-order chi connectivity index (χ1) is 8.28. The first-order valence-electron chi connectivity index (χ1n) is 6.30. The van der Waals surface area contributed by atoms with Crippen molar-refractivity contribution in [2.24, 2.45) is 5.92 Å². The summed E-state index contributed by atoms with van der Waals surface area (Å²) >= 11 is 6.26. The number of aliphatic hydroxyl groups excluding tert-OH is 1. The quantitative estimate of drug-likeness (QED) is 0.875. The van der Waals surface area contributed by atoms with Crippen molar-refractivity contribution in [3.8, 4) is 0 Å². The number of hydrogen-bond donors (Lipinski definition) is 1. The molecule has 17 heavy (non-hydrogen) atoms. The van der Waals surface area contributed by atoms with Gasteiger partial charge in [-0.25, -0.2) is 4.98 Å². The zero-order valence-electron chi connectivity index (χ0n) is 9.77. The Morgan fingerprint density at radius 1 is 1.35 bits per heavy atom. The van der Waals surface area contributed by atoms with Crippen LogP contribution in [0.4, 0.5) is 5.82 Å². The molecule has 1 heterocycles. The predicted octanol–water partition coefficient (Wildman–Crippen LogP) is 2.61. The van der Waals surface area contributed by atoms with Crippen LogP contribution in [-0.4, -0.2) is 22.7 Å². The van der Waals surface area contributed by atoms with Crippen molar-refractivity contribution < 1.29 is 5.11 Å². The number of aliphatic hydroxyl groups is 1. The number of rotatable bonds is 5. The first kappa shape index (κ1) is 11.3. The number of nitrogens with zero attached hydrogens (tertiary/aromatic N) is 2. The third-order valence-electron chi connectivity index (χ3n) is 3.47. The lowest BCUT2D eigenvalue weighted by Gasteiger charge is -2.24. The van der Waals surface area contributed by atoms with E-state index in [0.29, 0.717) is 11.1 Å². The van der Waals surface area contributed by atoms with E-state index < -0.39 is 0 Å². The van der Waals surface area contributed by atoms with E-state index in [1.807, 2.05) is 6.07 Å². The maximum absolute atomic E-state index is 9.06. The molecule has 2 aliphatic rings. The van der Waals surface area contributed by atoms with Crippen molar-refractivity contribution in [2.75, 3.05) is 11.4 Å². The highest BCUT2D eigenvalue weighted by molar-refractivity contribution is 6.33. The lowest BCUT2D eigenvalue weighted by Crippen LogP contribution is -2.29. The van der Waals surface area contributed by atoms with Gasteiger partial charge in [0, 0.05) is 18.8 Å². The molecule has 0 spiro atoms. The molecule has 1 aromatic rings. The lowest BCUT2D eigenvalue weighted by atomic mass is 10.2. The van der Waals surface area contributed by atoms with Gasteiger partial charge in [0.05, 0.1) is 11.6 Å². The van der Waals surface area contributed by atoms with E-state index in [1.165, 1.54) is 25.7 Å². The Labute approximate surface area is 106 Å². The fourth-order valence-electron chi connectivity index (χ4n) is 2.14. The summed E-state index contributed by atoms with van der Waals surface area (Å²) in [6.07, 6.45) is 6.92. The minimum atomic E-state index is -0.000939. The van der Waals surface area contributed by atoms with Gasteiger partial charge in [-0.2, -0.15) is 0 Å². The van der Waals surface area contributed by atoms with Crippen molar-refractivity contribution in [1.82, 2.24) is 4.98 Å². The van der Waals surface area contributed by atoms with Crippen LogP contribution in [0.2, 0.25) is 5.02 Å². The zero-order valence-corrected chi connectivity index (χ0v) is 10.5. The van der Waals surface area contributed by atoms with Gasteiger partial charge in [-0.3, -0.25) is 0 Å². The van der Waals surface area contributed by atoms with Gasteiger partial charge in [-0.1, -0.05) is 11.6 Å². The highest BCUT2D eigenvalue weighted by Gasteiger charge is 2.35. The smallest absolute Gasteiger partial charge is 0.147 e. The van der Waals surface area contributed by atoms with Crippen molar-refractivity contribution in [1.29, 1.82) is 0 Å². The first-order valence-corrected chi connectivity index (χ1v) is 6.67. The molecule has 0 amide bonds. The van der Waals surface area contributed by atoms with Crippen LogP contribution >= 0.6 is 11.6 Å². The van der Waals surface area contributed by atoms with Crippen molar-refractivity contribution in [3.63, 3.8) is 0 Å². The monoisotopic (exact) mass is 252 g/mol. The highest BCUT2D eigenvalue weighted by atomic mass is 35.5. The third kappa shape index (κ3) is 2.55. The van der Waals surface area contributed by atoms with E-state index in [4.69, 9.17) is 16.7 Å². The number of aromatic nitrogens is 1. The fourth-order valence-corrected chi connectivity index (χ4v) is 2.44. The molecule has 3 nitrogen and oxygen atoms in total. The summed E-state index contributed by atoms with van der Waals surface area (Å²) in [6, 6.07) is 2.46. The van der Waals surface area contributed by atoms with E-state index >= 15 is 0 Å². The largest absolute Gasteiger partial charge is 0.392 e. The van der Waals surface area contributed by atoms with Crippen molar-refractivity contribution in [3.05, 3.63) is 22.8 Å². The molecular formula is C13H17ClN2O. The fraction of sp³-hybridized carbons (Fsp3) is 0.615. The molecule has 0 bridgehead atoms. The Hall–Kier alpha value is -0.800. The molecule has 0 saturated heterocycles. The number of anilines is 1. The summed E-state index contributed by atoms with van der Waals surface area (Å²) in [5, 5.41) is 9.73. The average molecular weight is 253 g/mol. The molecule has 1 aromatic heterocycles. The van der Waals surface area contributed by atoms with E-state index in [2.05, 4.69) is 9.88 Å². The Morgan fingerprint density at radius 3 is 2.65 bits per heavy atom.